The number of carbonyl (C=O) groups excluding carboxylic acids is 2. The summed E-state index contributed by atoms with van der Waals surface area (Å²) in [6.45, 7) is -0.136. The first kappa shape index (κ1) is 20.8. The molecule has 0 aliphatic carbocycles. The average molecular weight is 433 g/mol. The molecule has 0 saturated heterocycles. The highest BCUT2D eigenvalue weighted by Crippen LogP contribution is 2.33. The molecule has 9 heteroatoms. The van der Waals surface area contributed by atoms with E-state index in [4.69, 9.17) is 9.47 Å². The fourth-order valence-electron chi connectivity index (χ4n) is 2.74. The summed E-state index contributed by atoms with van der Waals surface area (Å²) in [5.41, 5.74) is -0.368. The first-order valence-corrected chi connectivity index (χ1v) is 10.4. The van der Waals surface area contributed by atoms with Crippen LogP contribution in [0.2, 0.25) is 0 Å². The Bertz CT molecular complexity index is 937. The van der Waals surface area contributed by atoms with E-state index < -0.39 is 17.4 Å². The van der Waals surface area contributed by atoms with Crippen LogP contribution < -0.4 is 20.1 Å². The molecule has 0 aliphatic heterocycles. The first-order valence-electron chi connectivity index (χ1n) is 8.58. The van der Waals surface area contributed by atoms with Crippen molar-refractivity contribution in [1.82, 2.24) is 5.32 Å². The van der Waals surface area contributed by atoms with E-state index in [1.807, 2.05) is 22.2 Å². The Kier molecular flexibility index (Phi) is 6.53. The third kappa shape index (κ3) is 4.58. The molecule has 0 radical (unpaired) electrons. The van der Waals surface area contributed by atoms with Crippen LogP contribution in [0, 0.1) is 0 Å². The van der Waals surface area contributed by atoms with Crippen molar-refractivity contribution in [3.05, 3.63) is 63.0 Å². The topological polar surface area (TPSA) is 96.9 Å². The third-order valence-corrected chi connectivity index (χ3v) is 5.98. The van der Waals surface area contributed by atoms with Crippen molar-refractivity contribution in [2.45, 2.75) is 5.60 Å². The van der Waals surface area contributed by atoms with Crippen molar-refractivity contribution in [1.29, 1.82) is 0 Å². The monoisotopic (exact) mass is 432 g/mol. The number of hydrogen-bond acceptors (Lipinski definition) is 7. The standard InChI is InChI=1S/C20H20N2O5S2/c1-26-15-6-5-14(10-16(15)27-2)22-19(24)18(23)21-12-20(25,13-7-9-28-11-13)17-4-3-8-29-17/h3-11,25H,12H2,1-2H3,(H,21,23)(H,22,24). The zero-order valence-electron chi connectivity index (χ0n) is 15.8. The minimum Gasteiger partial charge on any atom is -0.493 e. The fraction of sp³-hybridized carbons (Fsp3) is 0.200. The Hall–Kier alpha value is -2.88. The van der Waals surface area contributed by atoms with E-state index in [0.29, 0.717) is 27.6 Å². The molecule has 3 aromatic rings. The van der Waals surface area contributed by atoms with Gasteiger partial charge in [-0.15, -0.1) is 11.3 Å². The summed E-state index contributed by atoms with van der Waals surface area (Å²) >= 11 is 2.82. The van der Waals surface area contributed by atoms with E-state index in [0.717, 1.165) is 0 Å². The number of rotatable bonds is 7. The summed E-state index contributed by atoms with van der Waals surface area (Å²) in [6.07, 6.45) is 0. The van der Waals surface area contributed by atoms with Gasteiger partial charge < -0.3 is 25.2 Å². The molecule has 1 atom stereocenters. The summed E-state index contributed by atoms with van der Waals surface area (Å²) in [5.74, 6) is -0.775. The predicted octanol–water partition coefficient (Wildman–Crippen LogP) is 2.82. The minimum absolute atomic E-state index is 0.136. The molecule has 2 amide bonds. The van der Waals surface area contributed by atoms with Gasteiger partial charge in [0.15, 0.2) is 11.5 Å². The van der Waals surface area contributed by atoms with Gasteiger partial charge in [0.25, 0.3) is 0 Å². The number of benzene rings is 1. The van der Waals surface area contributed by atoms with Crippen molar-refractivity contribution in [3.63, 3.8) is 0 Å². The van der Waals surface area contributed by atoms with Crippen LogP contribution in [0.25, 0.3) is 0 Å². The van der Waals surface area contributed by atoms with Gasteiger partial charge in [0.05, 0.1) is 20.8 Å². The molecule has 29 heavy (non-hydrogen) atoms. The summed E-state index contributed by atoms with van der Waals surface area (Å²) in [6, 6.07) is 10.2. The minimum atomic E-state index is -1.41. The number of ether oxygens (including phenoxy) is 2. The number of amides is 2. The quantitative estimate of drug-likeness (QED) is 0.499. The molecule has 0 aliphatic rings. The van der Waals surface area contributed by atoms with Crippen LogP contribution in [-0.2, 0) is 15.2 Å². The zero-order chi connectivity index (χ0) is 20.9. The highest BCUT2D eigenvalue weighted by molar-refractivity contribution is 7.10. The van der Waals surface area contributed by atoms with Crippen LogP contribution in [-0.4, -0.2) is 37.7 Å². The molecule has 1 unspecified atom stereocenters. The molecule has 0 bridgehead atoms. The number of methoxy groups -OCH3 is 2. The van der Waals surface area contributed by atoms with E-state index in [2.05, 4.69) is 10.6 Å². The summed E-state index contributed by atoms with van der Waals surface area (Å²) in [7, 11) is 2.98. The second-order valence-electron chi connectivity index (χ2n) is 6.06. The molecule has 1 aromatic carbocycles. The summed E-state index contributed by atoms with van der Waals surface area (Å²) in [5, 5.41) is 21.8. The molecule has 0 spiro atoms. The molecule has 2 aromatic heterocycles. The third-order valence-electron chi connectivity index (χ3n) is 4.28. The maximum atomic E-state index is 12.3. The van der Waals surface area contributed by atoms with Gasteiger partial charge in [0.1, 0.15) is 5.60 Å². The lowest BCUT2D eigenvalue weighted by Gasteiger charge is -2.26. The van der Waals surface area contributed by atoms with Crippen molar-refractivity contribution in [3.8, 4) is 11.5 Å². The van der Waals surface area contributed by atoms with Crippen LogP contribution in [0.15, 0.2) is 52.5 Å². The van der Waals surface area contributed by atoms with Gasteiger partial charge in [-0.3, -0.25) is 9.59 Å². The maximum Gasteiger partial charge on any atom is 0.313 e. The number of aliphatic hydroxyl groups is 1. The average Bonchev–Trinajstić information content (AvgIpc) is 3.46. The van der Waals surface area contributed by atoms with E-state index in [1.165, 1.54) is 36.9 Å². The van der Waals surface area contributed by atoms with Crippen LogP contribution >= 0.6 is 22.7 Å². The van der Waals surface area contributed by atoms with E-state index in [-0.39, 0.29) is 6.54 Å². The zero-order valence-corrected chi connectivity index (χ0v) is 17.4. The van der Waals surface area contributed by atoms with Crippen LogP contribution in [0.4, 0.5) is 5.69 Å². The number of nitrogens with one attached hydrogen (secondary N) is 2. The Morgan fingerprint density at radius 3 is 2.48 bits per heavy atom. The van der Waals surface area contributed by atoms with Gasteiger partial charge in [0.2, 0.25) is 0 Å². The van der Waals surface area contributed by atoms with E-state index in [1.54, 1.807) is 30.3 Å². The normalized spacial score (nSPS) is 12.7. The second kappa shape index (κ2) is 9.08. The van der Waals surface area contributed by atoms with E-state index >= 15 is 0 Å². The highest BCUT2D eigenvalue weighted by Gasteiger charge is 2.34. The van der Waals surface area contributed by atoms with Crippen LogP contribution in [0.5, 0.6) is 11.5 Å². The van der Waals surface area contributed by atoms with Gasteiger partial charge in [-0.2, -0.15) is 11.3 Å². The highest BCUT2D eigenvalue weighted by atomic mass is 32.1. The molecule has 3 N–H and O–H groups in total. The van der Waals surface area contributed by atoms with Crippen LogP contribution in [0.1, 0.15) is 10.4 Å². The lowest BCUT2D eigenvalue weighted by atomic mass is 9.94. The van der Waals surface area contributed by atoms with Crippen molar-refractivity contribution in [2.24, 2.45) is 0 Å². The lowest BCUT2D eigenvalue weighted by molar-refractivity contribution is -0.136. The predicted molar refractivity (Wildman–Crippen MR) is 113 cm³/mol. The Morgan fingerprint density at radius 1 is 1.07 bits per heavy atom. The fourth-order valence-corrected chi connectivity index (χ4v) is 4.31. The molecule has 3 rings (SSSR count). The second-order valence-corrected chi connectivity index (χ2v) is 7.78. The van der Waals surface area contributed by atoms with Crippen molar-refractivity contribution >= 4 is 40.2 Å². The SMILES string of the molecule is COc1ccc(NC(=O)C(=O)NCC(O)(c2ccsc2)c2cccs2)cc1OC. The number of anilines is 1. The number of hydrogen-bond donors (Lipinski definition) is 3. The molecule has 0 saturated carbocycles. The largest absolute Gasteiger partial charge is 0.493 e. The van der Waals surface area contributed by atoms with Gasteiger partial charge in [-0.05, 0) is 40.4 Å². The van der Waals surface area contributed by atoms with Gasteiger partial charge >= 0.3 is 11.8 Å². The van der Waals surface area contributed by atoms with Gasteiger partial charge in [-0.25, -0.2) is 0 Å². The van der Waals surface area contributed by atoms with Crippen LogP contribution in [0.3, 0.4) is 0 Å². The van der Waals surface area contributed by atoms with Gasteiger partial charge in [-0.1, -0.05) is 6.07 Å². The summed E-state index contributed by atoms with van der Waals surface area (Å²) < 4.78 is 10.3. The Morgan fingerprint density at radius 2 is 1.86 bits per heavy atom. The van der Waals surface area contributed by atoms with Crippen molar-refractivity contribution < 1.29 is 24.2 Å². The smallest absolute Gasteiger partial charge is 0.313 e. The first-order chi connectivity index (χ1) is 14.0. The molecule has 2 heterocycles. The molecular formula is C20H20N2O5S2. The van der Waals surface area contributed by atoms with Gasteiger partial charge in [0, 0.05) is 22.2 Å². The lowest BCUT2D eigenvalue weighted by Crippen LogP contribution is -2.44. The van der Waals surface area contributed by atoms with Crippen molar-refractivity contribution in [2.75, 3.05) is 26.1 Å². The number of carbonyl (C=O) groups is 2. The maximum absolute atomic E-state index is 12.3. The van der Waals surface area contributed by atoms with E-state index in [9.17, 15) is 14.7 Å². The Balaban J connectivity index is 1.68. The Labute approximate surface area is 175 Å². The summed E-state index contributed by atoms with van der Waals surface area (Å²) in [4.78, 5) is 25.3. The molecule has 7 nitrogen and oxygen atoms in total. The number of thiophene rings is 2. The molecule has 0 fully saturated rings. The molecular weight excluding hydrogens is 412 g/mol. The molecule has 152 valence electrons.